The highest BCUT2D eigenvalue weighted by atomic mass is 16.1. The summed E-state index contributed by atoms with van der Waals surface area (Å²) in [6, 6.07) is 12.7. The number of carbonyl (C=O) groups excluding carboxylic acids is 1. The van der Waals surface area contributed by atoms with Crippen LogP contribution in [-0.4, -0.2) is 17.4 Å². The summed E-state index contributed by atoms with van der Waals surface area (Å²) in [6.07, 6.45) is 6.89. The molecule has 4 heteroatoms. The molecule has 0 bridgehead atoms. The van der Waals surface area contributed by atoms with E-state index in [0.29, 0.717) is 6.54 Å². The Bertz CT molecular complexity index is 753. The van der Waals surface area contributed by atoms with Crippen molar-refractivity contribution >= 4 is 11.7 Å². The second kappa shape index (κ2) is 9.54. The summed E-state index contributed by atoms with van der Waals surface area (Å²) in [5.74, 6) is 1.30. The number of carbonyl (C=O) groups is 1. The highest BCUT2D eigenvalue weighted by Crippen LogP contribution is 2.25. The van der Waals surface area contributed by atoms with Crippen LogP contribution in [0.2, 0.25) is 0 Å². The van der Waals surface area contributed by atoms with Gasteiger partial charge in [0.1, 0.15) is 5.82 Å². The topological polar surface area (TPSA) is 45.2 Å². The lowest BCUT2D eigenvalue weighted by Crippen LogP contribution is -2.34. The molecule has 0 radical (unpaired) electrons. The largest absolute Gasteiger partial charge is 0.352 e. The summed E-state index contributed by atoms with van der Waals surface area (Å²) >= 11 is 0. The van der Waals surface area contributed by atoms with Gasteiger partial charge in [0.15, 0.2) is 0 Å². The van der Waals surface area contributed by atoms with Crippen LogP contribution in [0.1, 0.15) is 56.2 Å². The number of hydrogen-bond acceptors (Lipinski definition) is 3. The Kier molecular flexibility index (Phi) is 6.86. The van der Waals surface area contributed by atoms with E-state index in [4.69, 9.17) is 0 Å². The number of amides is 1. The number of aromatic nitrogens is 1. The molecule has 1 aliphatic rings. The number of rotatable bonds is 8. The number of fused-ring (bicyclic) bond motifs is 1. The molecule has 4 nitrogen and oxygen atoms in total. The van der Waals surface area contributed by atoms with Crippen LogP contribution in [0, 0.1) is 5.92 Å². The summed E-state index contributed by atoms with van der Waals surface area (Å²) in [6.45, 7) is 6.67. The molecule has 0 atom stereocenters. The summed E-state index contributed by atoms with van der Waals surface area (Å²) in [5, 5.41) is 3.16. The number of hydrogen-bond donors (Lipinski definition) is 1. The van der Waals surface area contributed by atoms with E-state index in [1.807, 2.05) is 12.3 Å². The Balaban J connectivity index is 1.69. The molecule has 1 amide bonds. The van der Waals surface area contributed by atoms with E-state index < -0.39 is 0 Å². The van der Waals surface area contributed by atoms with Crippen LogP contribution in [-0.2, 0) is 24.3 Å². The van der Waals surface area contributed by atoms with Crippen LogP contribution >= 0.6 is 0 Å². The summed E-state index contributed by atoms with van der Waals surface area (Å²) in [5.41, 5.74) is 3.90. The van der Waals surface area contributed by atoms with Gasteiger partial charge >= 0.3 is 0 Å². The third kappa shape index (κ3) is 4.88. The number of nitrogens with zero attached hydrogens (tertiary/aromatic N) is 2. The Labute approximate surface area is 163 Å². The predicted octanol–water partition coefficient (Wildman–Crippen LogP) is 4.48. The van der Waals surface area contributed by atoms with Crippen LogP contribution < -0.4 is 10.2 Å². The van der Waals surface area contributed by atoms with Gasteiger partial charge in [0, 0.05) is 37.3 Å². The number of nitrogens with one attached hydrogen (secondary N) is 1. The maximum Gasteiger partial charge on any atom is 0.223 e. The van der Waals surface area contributed by atoms with Crippen molar-refractivity contribution < 1.29 is 4.79 Å². The van der Waals surface area contributed by atoms with Crippen LogP contribution in [0.15, 0.2) is 42.6 Å². The highest BCUT2D eigenvalue weighted by Gasteiger charge is 2.21. The molecule has 0 saturated heterocycles. The number of anilines is 1. The standard InChI is InChI=1S/C23H31N3O/c1-3-8-19(9-4-2)23(27)25-16-20-12-7-14-24-22(20)26-15-13-18-10-5-6-11-21(18)17-26/h5-7,10-12,14,19H,3-4,8-9,13,15-17H2,1-2H3,(H,25,27). The van der Waals surface area contributed by atoms with E-state index in [1.165, 1.54) is 11.1 Å². The molecule has 2 heterocycles. The maximum absolute atomic E-state index is 12.6. The number of benzene rings is 1. The second-order valence-corrected chi connectivity index (χ2v) is 7.42. The monoisotopic (exact) mass is 365 g/mol. The summed E-state index contributed by atoms with van der Waals surface area (Å²) in [7, 11) is 0. The van der Waals surface area contributed by atoms with E-state index in [0.717, 1.165) is 56.6 Å². The van der Waals surface area contributed by atoms with E-state index in [-0.39, 0.29) is 11.8 Å². The SMILES string of the molecule is CCCC(CCC)C(=O)NCc1cccnc1N1CCc2ccccc2C1. The highest BCUT2D eigenvalue weighted by molar-refractivity contribution is 5.78. The van der Waals surface area contributed by atoms with Gasteiger partial charge in [-0.05, 0) is 36.5 Å². The van der Waals surface area contributed by atoms with Gasteiger partial charge in [-0.1, -0.05) is 57.0 Å². The molecule has 0 saturated carbocycles. The molecule has 1 aromatic heterocycles. The maximum atomic E-state index is 12.6. The summed E-state index contributed by atoms with van der Waals surface area (Å²) in [4.78, 5) is 19.6. The van der Waals surface area contributed by atoms with E-state index in [9.17, 15) is 4.79 Å². The zero-order chi connectivity index (χ0) is 19.1. The lowest BCUT2D eigenvalue weighted by molar-refractivity contribution is -0.125. The third-order valence-electron chi connectivity index (χ3n) is 5.40. The van der Waals surface area contributed by atoms with Gasteiger partial charge in [-0.3, -0.25) is 4.79 Å². The number of pyridine rings is 1. The fourth-order valence-corrected chi connectivity index (χ4v) is 3.96. The second-order valence-electron chi connectivity index (χ2n) is 7.42. The normalized spacial score (nSPS) is 13.5. The van der Waals surface area contributed by atoms with Crippen LogP contribution in [0.3, 0.4) is 0 Å². The minimum atomic E-state index is 0.127. The fraction of sp³-hybridized carbons (Fsp3) is 0.478. The molecule has 27 heavy (non-hydrogen) atoms. The quantitative estimate of drug-likeness (QED) is 0.750. The molecule has 2 aromatic rings. The molecular formula is C23H31N3O. The van der Waals surface area contributed by atoms with Crippen LogP contribution in [0.4, 0.5) is 5.82 Å². The minimum Gasteiger partial charge on any atom is -0.352 e. The molecule has 3 rings (SSSR count). The molecule has 0 aliphatic carbocycles. The van der Waals surface area contributed by atoms with Crippen molar-refractivity contribution in [2.24, 2.45) is 5.92 Å². The molecule has 0 unspecified atom stereocenters. The van der Waals surface area contributed by atoms with Crippen molar-refractivity contribution in [3.05, 3.63) is 59.3 Å². The van der Waals surface area contributed by atoms with Crippen molar-refractivity contribution in [1.82, 2.24) is 10.3 Å². The van der Waals surface area contributed by atoms with Gasteiger partial charge in [-0.25, -0.2) is 4.98 Å². The van der Waals surface area contributed by atoms with Gasteiger partial charge < -0.3 is 10.2 Å². The lowest BCUT2D eigenvalue weighted by atomic mass is 9.97. The van der Waals surface area contributed by atoms with Gasteiger partial charge in [-0.15, -0.1) is 0 Å². The lowest BCUT2D eigenvalue weighted by Gasteiger charge is -2.31. The molecule has 1 aromatic carbocycles. The van der Waals surface area contributed by atoms with Gasteiger partial charge in [0.25, 0.3) is 0 Å². The zero-order valence-electron chi connectivity index (χ0n) is 16.6. The van der Waals surface area contributed by atoms with Crippen LogP contribution in [0.25, 0.3) is 0 Å². The Morgan fingerprint density at radius 1 is 1.11 bits per heavy atom. The molecule has 1 aliphatic heterocycles. The third-order valence-corrected chi connectivity index (χ3v) is 5.40. The Hall–Kier alpha value is -2.36. The zero-order valence-corrected chi connectivity index (χ0v) is 16.6. The van der Waals surface area contributed by atoms with E-state index in [1.54, 1.807) is 0 Å². The fourth-order valence-electron chi connectivity index (χ4n) is 3.96. The van der Waals surface area contributed by atoms with Crippen molar-refractivity contribution in [2.75, 3.05) is 11.4 Å². The van der Waals surface area contributed by atoms with Crippen molar-refractivity contribution in [1.29, 1.82) is 0 Å². The first-order chi connectivity index (χ1) is 13.2. The smallest absolute Gasteiger partial charge is 0.223 e. The molecule has 0 spiro atoms. The van der Waals surface area contributed by atoms with Crippen LogP contribution in [0.5, 0.6) is 0 Å². The molecular weight excluding hydrogens is 334 g/mol. The Morgan fingerprint density at radius 2 is 1.85 bits per heavy atom. The van der Waals surface area contributed by atoms with E-state index >= 15 is 0 Å². The predicted molar refractivity (Wildman–Crippen MR) is 111 cm³/mol. The molecule has 0 fully saturated rings. The first-order valence-corrected chi connectivity index (χ1v) is 10.3. The van der Waals surface area contributed by atoms with Crippen molar-refractivity contribution in [2.45, 2.75) is 59.0 Å². The summed E-state index contributed by atoms with van der Waals surface area (Å²) < 4.78 is 0. The van der Waals surface area contributed by atoms with Gasteiger partial charge in [0.05, 0.1) is 0 Å². The first kappa shape index (κ1) is 19.4. The van der Waals surface area contributed by atoms with Crippen molar-refractivity contribution in [3.8, 4) is 0 Å². The average Bonchev–Trinajstić information content (AvgIpc) is 2.71. The van der Waals surface area contributed by atoms with Crippen molar-refractivity contribution in [3.63, 3.8) is 0 Å². The van der Waals surface area contributed by atoms with Gasteiger partial charge in [-0.2, -0.15) is 0 Å². The first-order valence-electron chi connectivity index (χ1n) is 10.3. The minimum absolute atomic E-state index is 0.127. The Morgan fingerprint density at radius 3 is 2.59 bits per heavy atom. The van der Waals surface area contributed by atoms with Gasteiger partial charge in [0.2, 0.25) is 5.91 Å². The van der Waals surface area contributed by atoms with E-state index in [2.05, 4.69) is 59.4 Å². The molecule has 1 N–H and O–H groups in total. The average molecular weight is 366 g/mol. The molecule has 144 valence electrons.